The maximum atomic E-state index is 12.8. The molecule has 0 atom stereocenters. The minimum absolute atomic E-state index is 0.334. The smallest absolute Gasteiger partial charge is 0.330 e. The number of hydrogen-bond donors (Lipinski definition) is 1. The molecule has 0 saturated heterocycles. The minimum atomic E-state index is -4.38. The number of fused-ring (bicyclic) bond motifs is 1. The van der Waals surface area contributed by atoms with E-state index in [-0.39, 0.29) is 0 Å². The van der Waals surface area contributed by atoms with Gasteiger partial charge in [-0.3, -0.25) is 9.25 Å². The second-order valence-electron chi connectivity index (χ2n) is 4.77. The predicted octanol–water partition coefficient (Wildman–Crippen LogP) is 3.75. The van der Waals surface area contributed by atoms with Gasteiger partial charge >= 0.3 is 6.18 Å². The first-order chi connectivity index (χ1) is 9.77. The maximum Gasteiger partial charge on any atom is 0.416 e. The first kappa shape index (κ1) is 13.9. The summed E-state index contributed by atoms with van der Waals surface area (Å²) in [5, 5.41) is 4.23. The summed E-state index contributed by atoms with van der Waals surface area (Å²) in [5.41, 5.74) is 1.71. The molecule has 8 heteroatoms. The molecular formula is C13H11F3N4S. The van der Waals surface area contributed by atoms with Crippen LogP contribution in [-0.4, -0.2) is 19.3 Å². The normalized spacial score (nSPS) is 12.2. The van der Waals surface area contributed by atoms with Crippen LogP contribution in [-0.2, 0) is 13.2 Å². The molecule has 0 fully saturated rings. The Morgan fingerprint density at radius 2 is 2.00 bits per heavy atom. The van der Waals surface area contributed by atoms with Gasteiger partial charge in [-0.05, 0) is 37.3 Å². The summed E-state index contributed by atoms with van der Waals surface area (Å²) in [4.78, 5) is 2.82. The molecule has 0 radical (unpaired) electrons. The molecule has 0 unspecified atom stereocenters. The van der Waals surface area contributed by atoms with Crippen molar-refractivity contribution in [2.45, 2.75) is 13.1 Å². The third kappa shape index (κ3) is 2.25. The number of nitrogens with one attached hydrogen (secondary N) is 1. The summed E-state index contributed by atoms with van der Waals surface area (Å²) < 4.78 is 41.9. The van der Waals surface area contributed by atoms with Gasteiger partial charge in [-0.2, -0.15) is 18.3 Å². The Morgan fingerprint density at radius 1 is 1.29 bits per heavy atom. The predicted molar refractivity (Wildman–Crippen MR) is 75.0 cm³/mol. The van der Waals surface area contributed by atoms with Crippen LogP contribution in [0.4, 0.5) is 13.2 Å². The van der Waals surface area contributed by atoms with Crippen LogP contribution in [0.1, 0.15) is 11.3 Å². The van der Waals surface area contributed by atoms with Crippen LogP contribution < -0.4 is 0 Å². The van der Waals surface area contributed by atoms with Crippen molar-refractivity contribution >= 4 is 23.3 Å². The molecule has 3 aromatic rings. The summed E-state index contributed by atoms with van der Waals surface area (Å²) >= 11 is 5.23. The van der Waals surface area contributed by atoms with Crippen LogP contribution in [0, 0.1) is 11.7 Å². The summed E-state index contributed by atoms with van der Waals surface area (Å²) in [6, 6.07) is 3.53. The summed E-state index contributed by atoms with van der Waals surface area (Å²) in [6.45, 7) is 1.82. The molecule has 0 spiro atoms. The number of rotatable bonds is 1. The van der Waals surface area contributed by atoms with E-state index < -0.39 is 11.7 Å². The first-order valence-corrected chi connectivity index (χ1v) is 6.51. The van der Waals surface area contributed by atoms with Gasteiger partial charge in [0.15, 0.2) is 4.77 Å². The van der Waals surface area contributed by atoms with E-state index >= 15 is 0 Å². The summed E-state index contributed by atoms with van der Waals surface area (Å²) in [7, 11) is 1.77. The summed E-state index contributed by atoms with van der Waals surface area (Å²) in [5.74, 6) is 0. The molecule has 0 saturated carbocycles. The number of H-pyrrole nitrogens is 1. The van der Waals surface area contributed by atoms with Crippen molar-refractivity contribution in [2.75, 3.05) is 0 Å². The number of aromatic nitrogens is 4. The lowest BCUT2D eigenvalue weighted by Gasteiger charge is -2.07. The van der Waals surface area contributed by atoms with Crippen molar-refractivity contribution < 1.29 is 13.2 Å². The van der Waals surface area contributed by atoms with Gasteiger partial charge < -0.3 is 4.98 Å². The Morgan fingerprint density at radius 3 is 2.57 bits per heavy atom. The Kier molecular flexibility index (Phi) is 2.94. The molecule has 1 aromatic carbocycles. The van der Waals surface area contributed by atoms with Gasteiger partial charge in [0, 0.05) is 13.2 Å². The summed E-state index contributed by atoms with van der Waals surface area (Å²) in [6.07, 6.45) is -2.61. The van der Waals surface area contributed by atoms with Crippen LogP contribution in [0.15, 0.2) is 24.4 Å². The lowest BCUT2D eigenvalue weighted by atomic mass is 10.2. The monoisotopic (exact) mass is 312 g/mol. The van der Waals surface area contributed by atoms with Gasteiger partial charge in [-0.15, -0.1) is 0 Å². The number of aryl methyl sites for hydroxylation is 2. The number of aromatic amines is 1. The Balaban J connectivity index is 2.28. The third-order valence-corrected chi connectivity index (χ3v) is 3.52. The number of halogens is 3. The second kappa shape index (κ2) is 4.45. The van der Waals surface area contributed by atoms with Crippen LogP contribution in [0.5, 0.6) is 0 Å². The molecule has 4 nitrogen and oxygen atoms in total. The standard InChI is InChI=1S/C13H11F3N4S/c1-7-11(6-19(2)18-7)20-10-4-3-8(13(14,15)16)5-9(10)17-12(20)21/h3-6H,1-2H3,(H,17,21). The van der Waals surface area contributed by atoms with Crippen LogP contribution in [0.3, 0.4) is 0 Å². The second-order valence-corrected chi connectivity index (χ2v) is 5.16. The van der Waals surface area contributed by atoms with Crippen LogP contribution >= 0.6 is 12.2 Å². The van der Waals surface area contributed by atoms with Gasteiger partial charge in [0.25, 0.3) is 0 Å². The molecule has 21 heavy (non-hydrogen) atoms. The highest BCUT2D eigenvalue weighted by Crippen LogP contribution is 2.32. The SMILES string of the molecule is Cc1nn(C)cc1-n1c(=S)[nH]c2cc(C(F)(F)F)ccc21. The van der Waals surface area contributed by atoms with E-state index in [0.717, 1.165) is 23.5 Å². The van der Waals surface area contributed by atoms with Crippen molar-refractivity contribution in [1.82, 2.24) is 19.3 Å². The highest BCUT2D eigenvalue weighted by atomic mass is 32.1. The lowest BCUT2D eigenvalue weighted by molar-refractivity contribution is -0.137. The molecule has 0 aliphatic carbocycles. The van der Waals surface area contributed by atoms with Gasteiger partial charge in [0.1, 0.15) is 0 Å². The molecule has 2 aromatic heterocycles. The number of benzene rings is 1. The molecule has 3 rings (SSSR count). The first-order valence-electron chi connectivity index (χ1n) is 6.10. The average Bonchev–Trinajstić information content (AvgIpc) is 2.85. The number of hydrogen-bond acceptors (Lipinski definition) is 2. The van der Waals surface area contributed by atoms with Crippen molar-refractivity contribution in [3.63, 3.8) is 0 Å². The third-order valence-electron chi connectivity index (χ3n) is 3.24. The van der Waals surface area contributed by atoms with Crippen molar-refractivity contribution in [2.24, 2.45) is 7.05 Å². The highest BCUT2D eigenvalue weighted by Gasteiger charge is 2.30. The van der Waals surface area contributed by atoms with E-state index in [1.165, 1.54) is 6.07 Å². The molecule has 0 amide bonds. The Bertz CT molecular complexity index is 885. The fourth-order valence-corrected chi connectivity index (χ4v) is 2.64. The number of alkyl halides is 3. The van der Waals surface area contributed by atoms with Gasteiger partial charge in [-0.25, -0.2) is 0 Å². The van der Waals surface area contributed by atoms with Gasteiger partial charge in [0.2, 0.25) is 0 Å². The maximum absolute atomic E-state index is 12.8. The van der Waals surface area contributed by atoms with Crippen molar-refractivity contribution in [3.05, 3.63) is 40.4 Å². The van der Waals surface area contributed by atoms with E-state index in [0.29, 0.717) is 15.8 Å². The zero-order valence-corrected chi connectivity index (χ0v) is 12.0. The molecule has 2 heterocycles. The molecular weight excluding hydrogens is 301 g/mol. The number of imidazole rings is 1. The largest absolute Gasteiger partial charge is 0.416 e. The topological polar surface area (TPSA) is 38.5 Å². The molecule has 0 aliphatic heterocycles. The average molecular weight is 312 g/mol. The van der Waals surface area contributed by atoms with Crippen molar-refractivity contribution in [1.29, 1.82) is 0 Å². The number of nitrogens with zero attached hydrogens (tertiary/aromatic N) is 3. The van der Waals surface area contributed by atoms with Crippen LogP contribution in [0.25, 0.3) is 16.7 Å². The molecule has 0 bridgehead atoms. The lowest BCUT2D eigenvalue weighted by Crippen LogP contribution is -2.04. The minimum Gasteiger partial charge on any atom is -0.330 e. The van der Waals surface area contributed by atoms with E-state index in [1.54, 1.807) is 22.5 Å². The zero-order valence-electron chi connectivity index (χ0n) is 11.2. The Labute approximate surface area is 122 Å². The fraction of sp³-hybridized carbons (Fsp3) is 0.231. The molecule has 0 aliphatic rings. The van der Waals surface area contributed by atoms with Crippen LogP contribution in [0.2, 0.25) is 0 Å². The van der Waals surface area contributed by atoms with Gasteiger partial charge in [0.05, 0.1) is 28.0 Å². The van der Waals surface area contributed by atoms with E-state index in [2.05, 4.69) is 10.1 Å². The molecule has 110 valence electrons. The fourth-order valence-electron chi connectivity index (χ4n) is 2.33. The van der Waals surface area contributed by atoms with Gasteiger partial charge in [-0.1, -0.05) is 0 Å². The Hall–Kier alpha value is -2.09. The quantitative estimate of drug-likeness (QED) is 0.695. The highest BCUT2D eigenvalue weighted by molar-refractivity contribution is 7.71. The van der Waals surface area contributed by atoms with Crippen molar-refractivity contribution in [3.8, 4) is 5.69 Å². The van der Waals surface area contributed by atoms with E-state index in [4.69, 9.17) is 12.2 Å². The van der Waals surface area contributed by atoms with E-state index in [9.17, 15) is 13.2 Å². The van der Waals surface area contributed by atoms with E-state index in [1.807, 2.05) is 6.92 Å². The zero-order chi connectivity index (χ0) is 15.4. The molecule has 1 N–H and O–H groups in total.